The molecule has 1 N–H and O–H groups in total. The van der Waals surface area contributed by atoms with E-state index in [0.717, 1.165) is 19.0 Å². The zero-order valence-electron chi connectivity index (χ0n) is 6.78. The summed E-state index contributed by atoms with van der Waals surface area (Å²) in [6.45, 7) is 0.795. The molecule has 1 atom stereocenters. The molecule has 1 aromatic carbocycles. The van der Waals surface area contributed by atoms with Crippen LogP contribution >= 0.6 is 0 Å². The molecular formula is C9H8F3N. The molecule has 2 rings (SSSR count). The SMILES string of the molecule is Fc1ccc([C@@H]2CCN2)c(F)c1F. The van der Waals surface area contributed by atoms with E-state index >= 15 is 0 Å². The van der Waals surface area contributed by atoms with E-state index in [4.69, 9.17) is 0 Å². The average molecular weight is 187 g/mol. The molecule has 1 saturated heterocycles. The lowest BCUT2D eigenvalue weighted by Gasteiger charge is -2.28. The van der Waals surface area contributed by atoms with Crippen molar-refractivity contribution in [3.63, 3.8) is 0 Å². The Labute approximate surface area is 73.6 Å². The first kappa shape index (κ1) is 8.56. The first-order valence-electron chi connectivity index (χ1n) is 4.07. The zero-order chi connectivity index (χ0) is 9.42. The van der Waals surface area contributed by atoms with Gasteiger partial charge in [0.1, 0.15) is 0 Å². The van der Waals surface area contributed by atoms with E-state index in [0.29, 0.717) is 0 Å². The highest BCUT2D eigenvalue weighted by molar-refractivity contribution is 5.25. The van der Waals surface area contributed by atoms with Gasteiger partial charge in [-0.15, -0.1) is 0 Å². The van der Waals surface area contributed by atoms with Gasteiger partial charge < -0.3 is 5.32 Å². The molecule has 1 aromatic rings. The maximum atomic E-state index is 13.1. The van der Waals surface area contributed by atoms with Crippen LogP contribution in [0.1, 0.15) is 18.0 Å². The molecule has 0 amide bonds. The van der Waals surface area contributed by atoms with Gasteiger partial charge in [-0.2, -0.15) is 0 Å². The van der Waals surface area contributed by atoms with Crippen LogP contribution in [0.3, 0.4) is 0 Å². The van der Waals surface area contributed by atoms with Crippen molar-refractivity contribution in [2.75, 3.05) is 6.54 Å². The molecule has 1 aliphatic rings. The summed E-state index contributed by atoms with van der Waals surface area (Å²) in [5.41, 5.74) is 0.213. The van der Waals surface area contributed by atoms with E-state index < -0.39 is 17.5 Å². The highest BCUT2D eigenvalue weighted by Crippen LogP contribution is 2.27. The van der Waals surface area contributed by atoms with Gasteiger partial charge >= 0.3 is 0 Å². The first-order valence-corrected chi connectivity index (χ1v) is 4.07. The zero-order valence-corrected chi connectivity index (χ0v) is 6.78. The van der Waals surface area contributed by atoms with Crippen LogP contribution in [0.25, 0.3) is 0 Å². The van der Waals surface area contributed by atoms with E-state index in [2.05, 4.69) is 5.32 Å². The number of benzene rings is 1. The predicted octanol–water partition coefficient (Wildman–Crippen LogP) is 2.14. The average Bonchev–Trinajstić information content (AvgIpc) is 2.03. The Hall–Kier alpha value is -1.03. The van der Waals surface area contributed by atoms with Crippen molar-refractivity contribution in [2.45, 2.75) is 12.5 Å². The molecule has 0 aromatic heterocycles. The second-order valence-corrected chi connectivity index (χ2v) is 3.06. The summed E-state index contributed by atoms with van der Waals surface area (Å²) in [6.07, 6.45) is 0.766. The minimum absolute atomic E-state index is 0.157. The molecule has 0 saturated carbocycles. The van der Waals surface area contributed by atoms with Crippen LogP contribution in [0.5, 0.6) is 0 Å². The van der Waals surface area contributed by atoms with Gasteiger partial charge in [-0.1, -0.05) is 6.07 Å². The Morgan fingerprint density at radius 3 is 2.38 bits per heavy atom. The van der Waals surface area contributed by atoms with Gasteiger partial charge in [0, 0.05) is 11.6 Å². The number of nitrogens with one attached hydrogen (secondary N) is 1. The van der Waals surface area contributed by atoms with E-state index in [1.54, 1.807) is 0 Å². The summed E-state index contributed by atoms with van der Waals surface area (Å²) in [6, 6.07) is 2.08. The lowest BCUT2D eigenvalue weighted by molar-refractivity contribution is 0.357. The Morgan fingerprint density at radius 2 is 1.85 bits per heavy atom. The quantitative estimate of drug-likeness (QED) is 0.664. The predicted molar refractivity (Wildman–Crippen MR) is 41.7 cm³/mol. The fraction of sp³-hybridized carbons (Fsp3) is 0.333. The molecule has 1 nitrogen and oxygen atoms in total. The standard InChI is InChI=1S/C9H8F3N/c10-6-2-1-5(7-3-4-13-7)8(11)9(6)12/h1-2,7,13H,3-4H2/t7-/m0/s1. The summed E-state index contributed by atoms with van der Waals surface area (Å²) in [7, 11) is 0. The van der Waals surface area contributed by atoms with Gasteiger partial charge in [0.05, 0.1) is 0 Å². The summed E-state index contributed by atoms with van der Waals surface area (Å²) in [4.78, 5) is 0. The van der Waals surface area contributed by atoms with Crippen LogP contribution in [-0.2, 0) is 0 Å². The third kappa shape index (κ3) is 1.31. The summed E-state index contributed by atoms with van der Waals surface area (Å²) in [5.74, 6) is -3.59. The molecular weight excluding hydrogens is 179 g/mol. The number of rotatable bonds is 1. The number of hydrogen-bond acceptors (Lipinski definition) is 1. The van der Waals surface area contributed by atoms with Crippen molar-refractivity contribution in [1.29, 1.82) is 0 Å². The van der Waals surface area contributed by atoms with Crippen molar-refractivity contribution in [2.24, 2.45) is 0 Å². The largest absolute Gasteiger partial charge is 0.310 e. The molecule has 0 aliphatic carbocycles. The first-order chi connectivity index (χ1) is 6.20. The number of hydrogen-bond donors (Lipinski definition) is 1. The monoisotopic (exact) mass is 187 g/mol. The van der Waals surface area contributed by atoms with Crippen LogP contribution in [0.15, 0.2) is 12.1 Å². The maximum Gasteiger partial charge on any atom is 0.194 e. The second-order valence-electron chi connectivity index (χ2n) is 3.06. The van der Waals surface area contributed by atoms with Crippen LogP contribution in [0, 0.1) is 17.5 Å². The van der Waals surface area contributed by atoms with Crippen molar-refractivity contribution in [1.82, 2.24) is 5.32 Å². The van der Waals surface area contributed by atoms with E-state index in [-0.39, 0.29) is 11.6 Å². The van der Waals surface area contributed by atoms with E-state index in [9.17, 15) is 13.2 Å². The lowest BCUT2D eigenvalue weighted by atomic mass is 9.97. The van der Waals surface area contributed by atoms with E-state index in [1.807, 2.05) is 0 Å². The van der Waals surface area contributed by atoms with Gasteiger partial charge in [-0.05, 0) is 19.0 Å². The molecule has 1 aliphatic heterocycles. The second kappa shape index (κ2) is 3.03. The molecule has 13 heavy (non-hydrogen) atoms. The Balaban J connectivity index is 2.41. The van der Waals surface area contributed by atoms with Crippen LogP contribution in [-0.4, -0.2) is 6.54 Å². The summed E-state index contributed by atoms with van der Waals surface area (Å²) in [5, 5.41) is 2.92. The fourth-order valence-corrected chi connectivity index (χ4v) is 1.36. The maximum absolute atomic E-state index is 13.1. The van der Waals surface area contributed by atoms with Gasteiger partial charge in [-0.25, -0.2) is 13.2 Å². The molecule has 1 heterocycles. The topological polar surface area (TPSA) is 12.0 Å². The van der Waals surface area contributed by atoms with Gasteiger partial charge in [0.25, 0.3) is 0 Å². The smallest absolute Gasteiger partial charge is 0.194 e. The Morgan fingerprint density at radius 1 is 1.15 bits per heavy atom. The molecule has 1 fully saturated rings. The van der Waals surface area contributed by atoms with Crippen LogP contribution < -0.4 is 5.32 Å². The lowest BCUT2D eigenvalue weighted by Crippen LogP contribution is -2.35. The van der Waals surface area contributed by atoms with E-state index in [1.165, 1.54) is 6.07 Å². The normalized spacial score (nSPS) is 21.3. The summed E-state index contributed by atoms with van der Waals surface area (Å²) >= 11 is 0. The molecule has 70 valence electrons. The van der Waals surface area contributed by atoms with Crippen molar-refractivity contribution < 1.29 is 13.2 Å². The fourth-order valence-electron chi connectivity index (χ4n) is 1.36. The number of halogens is 3. The highest BCUT2D eigenvalue weighted by atomic mass is 19.2. The summed E-state index contributed by atoms with van der Waals surface area (Å²) < 4.78 is 38.3. The minimum Gasteiger partial charge on any atom is -0.310 e. The van der Waals surface area contributed by atoms with Crippen LogP contribution in [0.2, 0.25) is 0 Å². The minimum atomic E-state index is -1.38. The third-order valence-electron chi connectivity index (χ3n) is 2.26. The van der Waals surface area contributed by atoms with Gasteiger partial charge in [-0.3, -0.25) is 0 Å². The van der Waals surface area contributed by atoms with Gasteiger partial charge in [0.15, 0.2) is 17.5 Å². The Kier molecular flexibility index (Phi) is 2.00. The third-order valence-corrected chi connectivity index (χ3v) is 2.26. The van der Waals surface area contributed by atoms with Gasteiger partial charge in [0.2, 0.25) is 0 Å². The molecule has 0 unspecified atom stereocenters. The highest BCUT2D eigenvalue weighted by Gasteiger charge is 2.24. The molecule has 0 spiro atoms. The molecule has 0 bridgehead atoms. The molecule has 0 radical (unpaired) electrons. The van der Waals surface area contributed by atoms with Crippen molar-refractivity contribution in [3.8, 4) is 0 Å². The van der Waals surface area contributed by atoms with Crippen LogP contribution in [0.4, 0.5) is 13.2 Å². The van der Waals surface area contributed by atoms with Crippen molar-refractivity contribution in [3.05, 3.63) is 35.1 Å². The molecule has 4 heteroatoms. The Bertz CT molecular complexity index is 334. The van der Waals surface area contributed by atoms with Crippen molar-refractivity contribution >= 4 is 0 Å².